The van der Waals surface area contributed by atoms with Gasteiger partial charge in [-0.3, -0.25) is 9.59 Å². The summed E-state index contributed by atoms with van der Waals surface area (Å²) in [6.45, 7) is 2.12. The second kappa shape index (κ2) is 5.67. The minimum Gasteiger partial charge on any atom is -0.481 e. The van der Waals surface area contributed by atoms with Crippen LogP contribution in [0.1, 0.15) is 12.8 Å². The molecule has 2 heterocycles. The van der Waals surface area contributed by atoms with E-state index >= 15 is 0 Å². The predicted octanol–water partition coefficient (Wildman–Crippen LogP) is -0.456. The fourth-order valence-corrected chi connectivity index (χ4v) is 2.66. The van der Waals surface area contributed by atoms with Gasteiger partial charge in [0.1, 0.15) is 0 Å². The molecule has 0 aromatic heterocycles. The fourth-order valence-electron chi connectivity index (χ4n) is 2.66. The van der Waals surface area contributed by atoms with Crippen molar-refractivity contribution >= 4 is 11.9 Å². The number of carbonyl (C=O) groups is 2. The van der Waals surface area contributed by atoms with E-state index in [0.29, 0.717) is 39.1 Å². The van der Waals surface area contributed by atoms with Gasteiger partial charge in [-0.1, -0.05) is 0 Å². The highest BCUT2D eigenvalue weighted by Gasteiger charge is 2.37. The molecule has 102 valence electrons. The van der Waals surface area contributed by atoms with Gasteiger partial charge in [-0.05, 0) is 19.9 Å². The minimum absolute atomic E-state index is 0.0784. The average molecular weight is 256 g/mol. The number of carboxylic acids is 1. The number of carbonyl (C=O) groups excluding carboxylic acids is 1. The van der Waals surface area contributed by atoms with Crippen molar-refractivity contribution in [2.24, 2.45) is 11.8 Å². The summed E-state index contributed by atoms with van der Waals surface area (Å²) in [5, 5.41) is 12.0. The van der Waals surface area contributed by atoms with E-state index < -0.39 is 5.97 Å². The molecule has 6 nitrogen and oxygen atoms in total. The van der Waals surface area contributed by atoms with Gasteiger partial charge in [0.15, 0.2) is 0 Å². The largest absolute Gasteiger partial charge is 0.481 e. The first-order valence-corrected chi connectivity index (χ1v) is 6.40. The molecule has 0 spiro atoms. The average Bonchev–Trinajstić information content (AvgIpc) is 2.86. The van der Waals surface area contributed by atoms with Crippen molar-refractivity contribution in [3.05, 3.63) is 0 Å². The number of nitrogens with one attached hydrogen (secondary N) is 1. The molecule has 0 bridgehead atoms. The summed E-state index contributed by atoms with van der Waals surface area (Å²) in [6, 6.07) is 0.0784. The van der Waals surface area contributed by atoms with Crippen molar-refractivity contribution in [1.29, 1.82) is 0 Å². The maximum Gasteiger partial charge on any atom is 0.306 e. The number of hydrogen-bond acceptors (Lipinski definition) is 4. The third-order valence-corrected chi connectivity index (χ3v) is 3.92. The smallest absolute Gasteiger partial charge is 0.306 e. The van der Waals surface area contributed by atoms with E-state index in [-0.39, 0.29) is 23.8 Å². The molecule has 2 rings (SSSR count). The van der Waals surface area contributed by atoms with E-state index in [1.54, 1.807) is 4.90 Å². The molecule has 2 atom stereocenters. The topological polar surface area (TPSA) is 78.9 Å². The lowest BCUT2D eigenvalue weighted by atomic mass is 9.95. The van der Waals surface area contributed by atoms with Crippen LogP contribution in [0.4, 0.5) is 0 Å². The Morgan fingerprint density at radius 3 is 2.50 bits per heavy atom. The van der Waals surface area contributed by atoms with Crippen LogP contribution < -0.4 is 5.32 Å². The Bertz CT molecular complexity index is 326. The van der Waals surface area contributed by atoms with Crippen LogP contribution >= 0.6 is 0 Å². The summed E-state index contributed by atoms with van der Waals surface area (Å²) in [5.74, 6) is -1.08. The molecule has 0 radical (unpaired) electrons. The van der Waals surface area contributed by atoms with Crippen LogP contribution in [0.5, 0.6) is 0 Å². The van der Waals surface area contributed by atoms with Gasteiger partial charge in [-0.2, -0.15) is 0 Å². The number of aliphatic carboxylic acids is 1. The number of rotatable bonds is 3. The fraction of sp³-hybridized carbons (Fsp3) is 0.833. The standard InChI is InChI=1S/C12H20N2O4/c1-13-10-7-18-6-9(10)11(15)14-4-2-8(3-5-14)12(16)17/h8-10,13H,2-7H2,1H3,(H,16,17). The van der Waals surface area contributed by atoms with Gasteiger partial charge in [-0.15, -0.1) is 0 Å². The third-order valence-electron chi connectivity index (χ3n) is 3.92. The molecule has 2 aliphatic rings. The van der Waals surface area contributed by atoms with Gasteiger partial charge in [-0.25, -0.2) is 0 Å². The van der Waals surface area contributed by atoms with Crippen molar-refractivity contribution in [3.8, 4) is 0 Å². The van der Waals surface area contributed by atoms with Crippen LogP contribution in [-0.2, 0) is 14.3 Å². The second-order valence-corrected chi connectivity index (χ2v) is 4.98. The Morgan fingerprint density at radius 2 is 1.94 bits per heavy atom. The van der Waals surface area contributed by atoms with Crippen LogP contribution in [0.2, 0.25) is 0 Å². The number of ether oxygens (including phenoxy) is 1. The quantitative estimate of drug-likeness (QED) is 0.714. The highest BCUT2D eigenvalue weighted by atomic mass is 16.5. The van der Waals surface area contributed by atoms with E-state index in [4.69, 9.17) is 9.84 Å². The number of carboxylic acid groups (broad SMARTS) is 1. The number of hydrogen-bond donors (Lipinski definition) is 2. The number of amides is 1. The van der Waals surface area contributed by atoms with E-state index in [1.165, 1.54) is 0 Å². The molecule has 1 amide bonds. The lowest BCUT2D eigenvalue weighted by molar-refractivity contribution is -0.146. The molecule has 2 aliphatic heterocycles. The van der Waals surface area contributed by atoms with Crippen LogP contribution in [0.3, 0.4) is 0 Å². The summed E-state index contributed by atoms with van der Waals surface area (Å²) < 4.78 is 5.33. The van der Waals surface area contributed by atoms with Crippen molar-refractivity contribution in [2.45, 2.75) is 18.9 Å². The molecular formula is C12H20N2O4. The monoisotopic (exact) mass is 256 g/mol. The SMILES string of the molecule is CNC1COCC1C(=O)N1CCC(C(=O)O)CC1. The van der Waals surface area contributed by atoms with Gasteiger partial charge in [0.25, 0.3) is 0 Å². The van der Waals surface area contributed by atoms with Crippen LogP contribution in [0.25, 0.3) is 0 Å². The molecule has 0 aliphatic carbocycles. The van der Waals surface area contributed by atoms with Crippen LogP contribution in [0, 0.1) is 11.8 Å². The Kier molecular flexibility index (Phi) is 4.19. The molecule has 2 fully saturated rings. The van der Waals surface area contributed by atoms with Crippen molar-refractivity contribution in [1.82, 2.24) is 10.2 Å². The highest BCUT2D eigenvalue weighted by molar-refractivity contribution is 5.80. The second-order valence-electron chi connectivity index (χ2n) is 4.98. The highest BCUT2D eigenvalue weighted by Crippen LogP contribution is 2.22. The molecule has 2 N–H and O–H groups in total. The summed E-state index contributed by atoms with van der Waals surface area (Å²) in [4.78, 5) is 24.9. The minimum atomic E-state index is -0.751. The van der Waals surface area contributed by atoms with Gasteiger partial charge in [0, 0.05) is 19.1 Å². The van der Waals surface area contributed by atoms with Crippen molar-refractivity contribution in [2.75, 3.05) is 33.4 Å². The first-order valence-electron chi connectivity index (χ1n) is 6.40. The van der Waals surface area contributed by atoms with E-state index in [1.807, 2.05) is 7.05 Å². The molecule has 0 aromatic carbocycles. The van der Waals surface area contributed by atoms with E-state index in [2.05, 4.69) is 5.32 Å². The van der Waals surface area contributed by atoms with E-state index in [0.717, 1.165) is 0 Å². The lowest BCUT2D eigenvalue weighted by Gasteiger charge is -2.32. The zero-order chi connectivity index (χ0) is 13.1. The van der Waals surface area contributed by atoms with Gasteiger partial charge >= 0.3 is 5.97 Å². The van der Waals surface area contributed by atoms with Crippen LogP contribution in [0.15, 0.2) is 0 Å². The Morgan fingerprint density at radius 1 is 1.28 bits per heavy atom. The normalized spacial score (nSPS) is 29.5. The Labute approximate surface area is 106 Å². The number of likely N-dealkylation sites (N-methyl/N-ethyl adjacent to an activating group) is 1. The Hall–Kier alpha value is -1.14. The molecule has 2 saturated heterocycles. The summed E-state index contributed by atoms with van der Waals surface area (Å²) in [5.41, 5.74) is 0. The summed E-state index contributed by atoms with van der Waals surface area (Å²) in [7, 11) is 1.83. The first-order chi connectivity index (χ1) is 8.63. The van der Waals surface area contributed by atoms with Gasteiger partial charge in [0.05, 0.1) is 25.0 Å². The molecule has 6 heteroatoms. The zero-order valence-electron chi connectivity index (χ0n) is 10.6. The van der Waals surface area contributed by atoms with Crippen molar-refractivity contribution in [3.63, 3.8) is 0 Å². The van der Waals surface area contributed by atoms with Gasteiger partial charge in [0.2, 0.25) is 5.91 Å². The summed E-state index contributed by atoms with van der Waals surface area (Å²) >= 11 is 0. The molecule has 0 saturated carbocycles. The van der Waals surface area contributed by atoms with E-state index in [9.17, 15) is 9.59 Å². The number of nitrogens with zero attached hydrogens (tertiary/aromatic N) is 1. The molecular weight excluding hydrogens is 236 g/mol. The zero-order valence-corrected chi connectivity index (χ0v) is 10.6. The number of piperidine rings is 1. The summed E-state index contributed by atoms with van der Waals surface area (Å²) in [6.07, 6.45) is 1.11. The molecule has 2 unspecified atom stereocenters. The molecule has 0 aromatic rings. The van der Waals surface area contributed by atoms with Gasteiger partial charge < -0.3 is 20.1 Å². The predicted molar refractivity (Wildman–Crippen MR) is 64.1 cm³/mol. The third kappa shape index (κ3) is 2.64. The first kappa shape index (κ1) is 13.3. The Balaban J connectivity index is 1.89. The number of likely N-dealkylation sites (tertiary alicyclic amines) is 1. The molecule has 18 heavy (non-hydrogen) atoms. The maximum atomic E-state index is 12.3. The van der Waals surface area contributed by atoms with Crippen LogP contribution in [-0.4, -0.2) is 61.3 Å². The van der Waals surface area contributed by atoms with Crippen molar-refractivity contribution < 1.29 is 19.4 Å². The maximum absolute atomic E-state index is 12.3. The lowest BCUT2D eigenvalue weighted by Crippen LogP contribution is -2.48.